The molecule has 0 heterocycles. The molecule has 0 bridgehead atoms. The Morgan fingerprint density at radius 1 is 1.47 bits per heavy atom. The highest BCUT2D eigenvalue weighted by atomic mass is 35.5. The van der Waals surface area contributed by atoms with Gasteiger partial charge in [-0.05, 0) is 25.0 Å². The van der Waals surface area contributed by atoms with E-state index in [2.05, 4.69) is 5.32 Å². The van der Waals surface area contributed by atoms with Gasteiger partial charge >= 0.3 is 0 Å². The highest BCUT2D eigenvalue weighted by molar-refractivity contribution is 6.34. The molecule has 1 aliphatic rings. The van der Waals surface area contributed by atoms with E-state index in [0.717, 1.165) is 12.8 Å². The third kappa shape index (κ3) is 3.17. The van der Waals surface area contributed by atoms with Crippen LogP contribution in [0.3, 0.4) is 0 Å². The highest BCUT2D eigenvalue weighted by Crippen LogP contribution is 2.26. The molecule has 6 heteroatoms. The van der Waals surface area contributed by atoms with Crippen molar-refractivity contribution in [3.63, 3.8) is 0 Å². The van der Waals surface area contributed by atoms with Crippen LogP contribution in [-0.2, 0) is 4.79 Å². The molecule has 0 saturated heterocycles. The average Bonchev–Trinajstić information content (AvgIpc) is 3.18. The molecule has 2 amide bonds. The number of likely N-dealkylation sites (N-methyl/N-ethyl adjacent to an activating group) is 1. The molecule has 1 saturated carbocycles. The standard InChI is InChI=1S/C13H16ClN3O2/c1-17(8-5-6-8)11(18)7-16-10-4-2-3-9(14)12(10)13(15)19/h2-4,8,16H,5-7H2,1H3,(H2,15,19). The first-order valence-electron chi connectivity index (χ1n) is 6.08. The van der Waals surface area contributed by atoms with Gasteiger partial charge in [-0.15, -0.1) is 0 Å². The van der Waals surface area contributed by atoms with Crippen LogP contribution in [0.4, 0.5) is 5.69 Å². The zero-order chi connectivity index (χ0) is 14.0. The first kappa shape index (κ1) is 13.7. The van der Waals surface area contributed by atoms with Gasteiger partial charge in [0, 0.05) is 18.8 Å². The van der Waals surface area contributed by atoms with Crippen LogP contribution in [0.5, 0.6) is 0 Å². The fraction of sp³-hybridized carbons (Fsp3) is 0.385. The Labute approximate surface area is 116 Å². The summed E-state index contributed by atoms with van der Waals surface area (Å²) in [6.07, 6.45) is 2.12. The summed E-state index contributed by atoms with van der Waals surface area (Å²) in [6.45, 7) is 0.119. The third-order valence-corrected chi connectivity index (χ3v) is 3.49. The van der Waals surface area contributed by atoms with Crippen LogP contribution in [0.2, 0.25) is 5.02 Å². The number of halogens is 1. The van der Waals surface area contributed by atoms with Gasteiger partial charge < -0.3 is 16.0 Å². The Hall–Kier alpha value is -1.75. The van der Waals surface area contributed by atoms with Crippen LogP contribution in [0.1, 0.15) is 23.2 Å². The second kappa shape index (κ2) is 5.48. The van der Waals surface area contributed by atoms with Crippen LogP contribution in [0.25, 0.3) is 0 Å². The van der Waals surface area contributed by atoms with Crippen molar-refractivity contribution in [3.8, 4) is 0 Å². The van der Waals surface area contributed by atoms with Crippen molar-refractivity contribution in [1.82, 2.24) is 4.90 Å². The minimum absolute atomic E-state index is 0.0158. The molecule has 102 valence electrons. The molecule has 19 heavy (non-hydrogen) atoms. The number of amides is 2. The molecule has 3 N–H and O–H groups in total. The fourth-order valence-corrected chi connectivity index (χ4v) is 2.15. The quantitative estimate of drug-likeness (QED) is 0.858. The van der Waals surface area contributed by atoms with E-state index in [0.29, 0.717) is 11.7 Å². The SMILES string of the molecule is CN(C(=O)CNc1cccc(Cl)c1C(N)=O)C1CC1. The number of hydrogen-bond acceptors (Lipinski definition) is 3. The Balaban J connectivity index is 2.05. The summed E-state index contributed by atoms with van der Waals surface area (Å²) in [6, 6.07) is 5.33. The summed E-state index contributed by atoms with van der Waals surface area (Å²) in [5, 5.41) is 3.20. The third-order valence-electron chi connectivity index (χ3n) is 3.18. The zero-order valence-electron chi connectivity index (χ0n) is 10.6. The summed E-state index contributed by atoms with van der Waals surface area (Å²) in [7, 11) is 1.79. The van der Waals surface area contributed by atoms with E-state index in [1.807, 2.05) is 0 Å². The summed E-state index contributed by atoms with van der Waals surface area (Å²) < 4.78 is 0. The van der Waals surface area contributed by atoms with Crippen molar-refractivity contribution in [2.24, 2.45) is 5.73 Å². The first-order valence-corrected chi connectivity index (χ1v) is 6.46. The van der Waals surface area contributed by atoms with E-state index in [1.54, 1.807) is 30.1 Å². The lowest BCUT2D eigenvalue weighted by Gasteiger charge is -2.17. The number of nitrogens with zero attached hydrogens (tertiary/aromatic N) is 1. The molecule has 0 aromatic heterocycles. The van der Waals surface area contributed by atoms with Gasteiger partial charge in [0.15, 0.2) is 0 Å². The number of anilines is 1. The van der Waals surface area contributed by atoms with Crippen LogP contribution in [-0.4, -0.2) is 36.3 Å². The maximum atomic E-state index is 11.9. The predicted molar refractivity (Wildman–Crippen MR) is 74.3 cm³/mol. The lowest BCUT2D eigenvalue weighted by atomic mass is 10.1. The number of primary amides is 1. The van der Waals surface area contributed by atoms with Gasteiger partial charge in [0.25, 0.3) is 5.91 Å². The van der Waals surface area contributed by atoms with Gasteiger partial charge in [0.2, 0.25) is 5.91 Å². The summed E-state index contributed by atoms with van der Waals surface area (Å²) in [5.74, 6) is -0.631. The topological polar surface area (TPSA) is 75.4 Å². The van der Waals surface area contributed by atoms with Crippen LogP contribution in [0, 0.1) is 0 Å². The van der Waals surface area contributed by atoms with Crippen LogP contribution < -0.4 is 11.1 Å². The Bertz CT molecular complexity index is 515. The zero-order valence-corrected chi connectivity index (χ0v) is 11.4. The van der Waals surface area contributed by atoms with E-state index in [4.69, 9.17) is 17.3 Å². The van der Waals surface area contributed by atoms with Gasteiger partial charge in [-0.3, -0.25) is 9.59 Å². The molecule has 0 aliphatic heterocycles. The monoisotopic (exact) mass is 281 g/mol. The van der Waals surface area contributed by atoms with Crippen LogP contribution >= 0.6 is 11.6 Å². The molecule has 1 aromatic carbocycles. The van der Waals surface area contributed by atoms with Crippen molar-refractivity contribution in [1.29, 1.82) is 0 Å². The molecule has 0 radical (unpaired) electrons. The molecule has 1 aliphatic carbocycles. The number of rotatable bonds is 5. The molecule has 0 spiro atoms. The van der Waals surface area contributed by atoms with Gasteiger partial charge in [-0.25, -0.2) is 0 Å². The van der Waals surface area contributed by atoms with Gasteiger partial charge in [-0.2, -0.15) is 0 Å². The van der Waals surface area contributed by atoms with Gasteiger partial charge in [0.05, 0.1) is 17.1 Å². The van der Waals surface area contributed by atoms with Crippen LogP contribution in [0.15, 0.2) is 18.2 Å². The molecular formula is C13H16ClN3O2. The average molecular weight is 282 g/mol. The summed E-state index contributed by atoms with van der Waals surface area (Å²) >= 11 is 5.93. The Morgan fingerprint density at radius 3 is 2.74 bits per heavy atom. The van der Waals surface area contributed by atoms with E-state index < -0.39 is 5.91 Å². The lowest BCUT2D eigenvalue weighted by molar-refractivity contribution is -0.128. The summed E-state index contributed by atoms with van der Waals surface area (Å²) in [5.41, 5.74) is 5.98. The fourth-order valence-electron chi connectivity index (χ4n) is 1.88. The Kier molecular flexibility index (Phi) is 3.95. The number of hydrogen-bond donors (Lipinski definition) is 2. The van der Waals surface area contributed by atoms with E-state index >= 15 is 0 Å². The van der Waals surface area contributed by atoms with Crippen molar-refractivity contribution in [2.75, 3.05) is 18.9 Å². The van der Waals surface area contributed by atoms with Gasteiger partial charge in [0.1, 0.15) is 0 Å². The van der Waals surface area contributed by atoms with Crippen molar-refractivity contribution in [2.45, 2.75) is 18.9 Å². The smallest absolute Gasteiger partial charge is 0.252 e. The maximum Gasteiger partial charge on any atom is 0.252 e. The highest BCUT2D eigenvalue weighted by Gasteiger charge is 2.29. The first-order chi connectivity index (χ1) is 9.00. The molecule has 5 nitrogen and oxygen atoms in total. The number of carbonyl (C=O) groups excluding carboxylic acids is 2. The minimum Gasteiger partial charge on any atom is -0.375 e. The molecule has 1 aromatic rings. The van der Waals surface area contributed by atoms with Crippen molar-refractivity contribution >= 4 is 29.1 Å². The molecule has 0 atom stereocenters. The molecule has 2 rings (SSSR count). The summed E-state index contributed by atoms with van der Waals surface area (Å²) in [4.78, 5) is 24.9. The normalized spacial score (nSPS) is 14.0. The number of benzene rings is 1. The number of nitrogens with one attached hydrogen (secondary N) is 1. The van der Waals surface area contributed by atoms with Crippen molar-refractivity contribution in [3.05, 3.63) is 28.8 Å². The second-order valence-electron chi connectivity index (χ2n) is 4.62. The lowest BCUT2D eigenvalue weighted by Crippen LogP contribution is -2.34. The maximum absolute atomic E-state index is 11.9. The van der Waals surface area contributed by atoms with Crippen molar-refractivity contribution < 1.29 is 9.59 Å². The van der Waals surface area contributed by atoms with E-state index in [1.165, 1.54) is 0 Å². The second-order valence-corrected chi connectivity index (χ2v) is 5.02. The van der Waals surface area contributed by atoms with Gasteiger partial charge in [-0.1, -0.05) is 17.7 Å². The predicted octanol–water partition coefficient (Wildman–Crippen LogP) is 1.47. The molecular weight excluding hydrogens is 266 g/mol. The minimum atomic E-state index is -0.615. The molecule has 0 unspecified atom stereocenters. The number of nitrogens with two attached hydrogens (primary N) is 1. The molecule has 1 fully saturated rings. The Morgan fingerprint density at radius 2 is 2.16 bits per heavy atom. The largest absolute Gasteiger partial charge is 0.375 e. The van der Waals surface area contributed by atoms with E-state index in [-0.39, 0.29) is 23.0 Å². The number of carbonyl (C=O) groups is 2. The van der Waals surface area contributed by atoms with E-state index in [9.17, 15) is 9.59 Å².